The zero-order valence-electron chi connectivity index (χ0n) is 9.24. The number of ketones is 1. The van der Waals surface area contributed by atoms with E-state index in [1.807, 2.05) is 30.3 Å². The predicted octanol–water partition coefficient (Wildman–Crippen LogP) is 4.74. The third-order valence-corrected chi connectivity index (χ3v) is 3.82. The molecule has 2 aromatic rings. The van der Waals surface area contributed by atoms with Crippen molar-refractivity contribution in [2.45, 2.75) is 6.42 Å². The summed E-state index contributed by atoms with van der Waals surface area (Å²) in [5.41, 5.74) is 1.53. The van der Waals surface area contributed by atoms with Crippen LogP contribution in [0.25, 0.3) is 0 Å². The van der Waals surface area contributed by atoms with Crippen LogP contribution in [0.15, 0.2) is 45.3 Å². The molecule has 0 spiro atoms. The van der Waals surface area contributed by atoms with Gasteiger partial charge in [-0.15, -0.1) is 0 Å². The first-order chi connectivity index (χ1) is 8.63. The van der Waals surface area contributed by atoms with E-state index in [4.69, 9.17) is 4.74 Å². The van der Waals surface area contributed by atoms with Crippen LogP contribution in [0.5, 0.6) is 11.5 Å². The fourth-order valence-corrected chi connectivity index (χ4v) is 2.75. The molecule has 0 aromatic heterocycles. The summed E-state index contributed by atoms with van der Waals surface area (Å²) in [6.45, 7) is 0. The second kappa shape index (κ2) is 4.52. The Labute approximate surface area is 121 Å². The molecule has 1 heterocycles. The van der Waals surface area contributed by atoms with E-state index in [1.54, 1.807) is 6.07 Å². The van der Waals surface area contributed by atoms with Crippen LogP contribution < -0.4 is 4.74 Å². The van der Waals surface area contributed by atoms with Crippen LogP contribution in [0.3, 0.4) is 0 Å². The average Bonchev–Trinajstić information content (AvgIpc) is 2.46. The van der Waals surface area contributed by atoms with E-state index in [-0.39, 0.29) is 5.78 Å². The van der Waals surface area contributed by atoms with Crippen molar-refractivity contribution in [1.29, 1.82) is 0 Å². The summed E-state index contributed by atoms with van der Waals surface area (Å²) in [7, 11) is 0. The summed E-state index contributed by atoms with van der Waals surface area (Å²) in [6, 6.07) is 11.2. The smallest absolute Gasteiger partial charge is 0.171 e. The Morgan fingerprint density at radius 2 is 1.61 bits per heavy atom. The second-order valence-corrected chi connectivity index (χ2v) is 5.93. The van der Waals surface area contributed by atoms with Gasteiger partial charge in [-0.3, -0.25) is 4.79 Å². The normalized spacial score (nSPS) is 13.3. The maximum absolute atomic E-state index is 12.2. The van der Waals surface area contributed by atoms with Crippen molar-refractivity contribution in [3.8, 4) is 11.5 Å². The minimum absolute atomic E-state index is 0.0724. The first kappa shape index (κ1) is 11.9. The molecule has 2 nitrogen and oxygen atoms in total. The number of benzene rings is 2. The molecule has 0 atom stereocenters. The third-order valence-electron chi connectivity index (χ3n) is 2.84. The maximum Gasteiger partial charge on any atom is 0.171 e. The van der Waals surface area contributed by atoms with Crippen LogP contribution in [0, 0.1) is 0 Å². The molecule has 0 unspecified atom stereocenters. The van der Waals surface area contributed by atoms with E-state index in [1.165, 1.54) is 0 Å². The molecule has 90 valence electrons. The Morgan fingerprint density at radius 3 is 2.39 bits per heavy atom. The Kier molecular flexibility index (Phi) is 2.99. The lowest BCUT2D eigenvalue weighted by Crippen LogP contribution is -2.01. The molecule has 0 fully saturated rings. The summed E-state index contributed by atoms with van der Waals surface area (Å²) in [4.78, 5) is 12.2. The van der Waals surface area contributed by atoms with Crippen molar-refractivity contribution in [3.05, 3.63) is 56.5 Å². The zero-order valence-corrected chi connectivity index (χ0v) is 12.4. The van der Waals surface area contributed by atoms with Gasteiger partial charge in [-0.25, -0.2) is 0 Å². The number of Topliss-reactive ketones (excluding diaryl/α,β-unsaturated/α-hetero) is 1. The Morgan fingerprint density at radius 1 is 0.944 bits per heavy atom. The van der Waals surface area contributed by atoms with E-state index in [9.17, 15) is 4.79 Å². The first-order valence-corrected chi connectivity index (χ1v) is 7.01. The number of hydrogen-bond acceptors (Lipinski definition) is 2. The summed E-state index contributed by atoms with van der Waals surface area (Å²) >= 11 is 6.78. The number of fused-ring (bicyclic) bond motifs is 2. The molecule has 0 N–H and O–H groups in total. The standard InChI is InChI=1S/C14H8Br2O2/c15-9-1-3-13-8(5-9)6-12(17)11-7-10(16)2-4-14(11)18-13/h1-5,7H,6H2. The van der Waals surface area contributed by atoms with Gasteiger partial charge in [0.1, 0.15) is 11.5 Å². The molecule has 3 rings (SSSR count). The fourth-order valence-electron chi connectivity index (χ4n) is 1.98. The van der Waals surface area contributed by atoms with Gasteiger partial charge in [-0.2, -0.15) is 0 Å². The van der Waals surface area contributed by atoms with Crippen LogP contribution in [0.1, 0.15) is 15.9 Å². The highest BCUT2D eigenvalue weighted by Gasteiger charge is 2.21. The molecular weight excluding hydrogens is 360 g/mol. The van der Waals surface area contributed by atoms with Crippen LogP contribution in [0.4, 0.5) is 0 Å². The molecule has 18 heavy (non-hydrogen) atoms. The fraction of sp³-hybridized carbons (Fsp3) is 0.0714. The van der Waals surface area contributed by atoms with Crippen molar-refractivity contribution >= 4 is 37.6 Å². The second-order valence-electron chi connectivity index (χ2n) is 4.09. The number of ether oxygens (including phenoxy) is 1. The maximum atomic E-state index is 12.2. The van der Waals surface area contributed by atoms with Crippen LogP contribution >= 0.6 is 31.9 Å². The molecule has 0 aliphatic carbocycles. The summed E-state index contributed by atoms with van der Waals surface area (Å²) < 4.78 is 7.65. The van der Waals surface area contributed by atoms with Crippen LogP contribution in [-0.4, -0.2) is 5.78 Å². The monoisotopic (exact) mass is 366 g/mol. The van der Waals surface area contributed by atoms with E-state index >= 15 is 0 Å². The molecule has 1 aliphatic rings. The van der Waals surface area contributed by atoms with Crippen molar-refractivity contribution in [2.24, 2.45) is 0 Å². The molecule has 0 saturated carbocycles. The Bertz CT molecular complexity index is 650. The van der Waals surface area contributed by atoms with Gasteiger partial charge < -0.3 is 4.74 Å². The van der Waals surface area contributed by atoms with Crippen molar-refractivity contribution in [3.63, 3.8) is 0 Å². The lowest BCUT2D eigenvalue weighted by molar-refractivity contribution is 0.0993. The highest BCUT2D eigenvalue weighted by atomic mass is 79.9. The molecule has 4 heteroatoms. The SMILES string of the molecule is O=C1Cc2cc(Br)ccc2Oc2ccc(Br)cc21. The van der Waals surface area contributed by atoms with Gasteiger partial charge in [0.05, 0.1) is 5.56 Å². The number of hydrogen-bond donors (Lipinski definition) is 0. The topological polar surface area (TPSA) is 26.3 Å². The van der Waals surface area contributed by atoms with Gasteiger partial charge in [0.2, 0.25) is 0 Å². The van der Waals surface area contributed by atoms with Gasteiger partial charge in [0, 0.05) is 20.9 Å². The lowest BCUT2D eigenvalue weighted by Gasteiger charge is -2.08. The highest BCUT2D eigenvalue weighted by Crippen LogP contribution is 2.36. The number of halogens is 2. The summed E-state index contributed by atoms with van der Waals surface area (Å²) in [5.74, 6) is 1.43. The summed E-state index contributed by atoms with van der Waals surface area (Å²) in [5, 5.41) is 0. The van der Waals surface area contributed by atoms with Crippen molar-refractivity contribution in [1.82, 2.24) is 0 Å². The Balaban J connectivity index is 2.16. The van der Waals surface area contributed by atoms with Gasteiger partial charge in [0.15, 0.2) is 5.78 Å². The van der Waals surface area contributed by atoms with E-state index in [2.05, 4.69) is 31.9 Å². The molecule has 0 radical (unpaired) electrons. The van der Waals surface area contributed by atoms with Gasteiger partial charge in [0.25, 0.3) is 0 Å². The predicted molar refractivity (Wildman–Crippen MR) is 76.4 cm³/mol. The van der Waals surface area contributed by atoms with Crippen LogP contribution in [0.2, 0.25) is 0 Å². The molecule has 1 aliphatic heterocycles. The highest BCUT2D eigenvalue weighted by molar-refractivity contribution is 9.10. The molecule has 2 aromatic carbocycles. The molecule has 0 amide bonds. The quantitative estimate of drug-likeness (QED) is 0.672. The first-order valence-electron chi connectivity index (χ1n) is 5.42. The largest absolute Gasteiger partial charge is 0.456 e. The summed E-state index contributed by atoms with van der Waals surface area (Å²) in [6.07, 6.45) is 0.359. The van der Waals surface area contributed by atoms with E-state index in [0.29, 0.717) is 17.7 Å². The van der Waals surface area contributed by atoms with Crippen LogP contribution in [-0.2, 0) is 6.42 Å². The van der Waals surface area contributed by atoms with E-state index < -0.39 is 0 Å². The van der Waals surface area contributed by atoms with Gasteiger partial charge in [-0.05, 0) is 36.4 Å². The van der Waals surface area contributed by atoms with E-state index in [0.717, 1.165) is 20.3 Å². The number of rotatable bonds is 0. The third kappa shape index (κ3) is 2.10. The number of carbonyl (C=O) groups excluding carboxylic acids is 1. The lowest BCUT2D eigenvalue weighted by atomic mass is 10.0. The average molecular weight is 368 g/mol. The minimum Gasteiger partial charge on any atom is -0.456 e. The zero-order chi connectivity index (χ0) is 12.7. The molecule has 0 bridgehead atoms. The molecule has 0 saturated heterocycles. The van der Waals surface area contributed by atoms with Crippen molar-refractivity contribution < 1.29 is 9.53 Å². The Hall–Kier alpha value is -1.13. The minimum atomic E-state index is 0.0724. The van der Waals surface area contributed by atoms with Crippen molar-refractivity contribution in [2.75, 3.05) is 0 Å². The van der Waals surface area contributed by atoms with Gasteiger partial charge >= 0.3 is 0 Å². The van der Waals surface area contributed by atoms with Gasteiger partial charge in [-0.1, -0.05) is 31.9 Å². The number of carbonyl (C=O) groups is 1. The molecular formula is C14H8Br2O2.